The maximum Gasteiger partial charge on any atom is 0.328 e. The molecule has 4 aliphatic carbocycles. The Kier molecular flexibility index (Phi) is 10.4. The van der Waals surface area contributed by atoms with E-state index in [4.69, 9.17) is 19.5 Å². The zero-order chi connectivity index (χ0) is 39.2. The molecule has 0 aromatic carbocycles. The van der Waals surface area contributed by atoms with Crippen LogP contribution in [0.1, 0.15) is 133 Å². The van der Waals surface area contributed by atoms with Crippen molar-refractivity contribution in [3.05, 3.63) is 24.3 Å². The standard InChI is InChI=1S/C43H68N5O5P/c1-25-12-17-41(8)30-14-19-42(9)29(13-18-43(42,10)31(30)21-33(49)32(41)20-25)28(4)34(15-16-40(5,6)7)53-54(11,50)51-22-35-26(2)27(3)39(52-35)48-24-47-36-37(44)45-23-46-38(36)48/h21,23-30,32,34-35,39H,12-20,22H2,1-11H3,(H2,44,45,46)/t25-,26?,27?,28-,29+,30?,32-,34+,35?,39?,41+,42+,43-,54?/m0/s1. The van der Waals surface area contributed by atoms with Gasteiger partial charge in [0.05, 0.1) is 25.1 Å². The van der Waals surface area contributed by atoms with E-state index in [1.807, 2.05) is 4.57 Å². The molecule has 11 heteroatoms. The quantitative estimate of drug-likeness (QED) is 0.235. The van der Waals surface area contributed by atoms with E-state index >= 15 is 0 Å². The Morgan fingerprint density at radius 3 is 2.50 bits per heavy atom. The average molecular weight is 766 g/mol. The van der Waals surface area contributed by atoms with Crippen LogP contribution in [0.2, 0.25) is 0 Å². The van der Waals surface area contributed by atoms with Crippen LogP contribution < -0.4 is 5.73 Å². The Morgan fingerprint density at radius 2 is 1.78 bits per heavy atom. The number of carbonyl (C=O) groups excluding carboxylic acids is 1. The van der Waals surface area contributed by atoms with Crippen molar-refractivity contribution in [2.24, 2.45) is 63.1 Å². The summed E-state index contributed by atoms with van der Waals surface area (Å²) in [7, 11) is -3.48. The molecule has 0 radical (unpaired) electrons. The number of hydrogen-bond donors (Lipinski definition) is 1. The number of anilines is 1. The van der Waals surface area contributed by atoms with Gasteiger partial charge >= 0.3 is 7.60 Å². The zero-order valence-corrected chi connectivity index (χ0v) is 35.8. The van der Waals surface area contributed by atoms with Crippen molar-refractivity contribution in [1.82, 2.24) is 19.5 Å². The summed E-state index contributed by atoms with van der Waals surface area (Å²) >= 11 is 0. The molecule has 4 fully saturated rings. The topological polar surface area (TPSA) is 131 Å². The molecule has 54 heavy (non-hydrogen) atoms. The van der Waals surface area contributed by atoms with Crippen LogP contribution in [0.4, 0.5) is 5.82 Å². The predicted octanol–water partition coefficient (Wildman–Crippen LogP) is 10.0. The van der Waals surface area contributed by atoms with Gasteiger partial charge in [-0.3, -0.25) is 13.9 Å². The zero-order valence-electron chi connectivity index (χ0n) is 34.9. The fourth-order valence-corrected chi connectivity index (χ4v) is 13.4. The lowest BCUT2D eigenvalue weighted by atomic mass is 9.43. The summed E-state index contributed by atoms with van der Waals surface area (Å²) in [6, 6.07) is 0. The number of imidazole rings is 1. The van der Waals surface area contributed by atoms with E-state index in [9.17, 15) is 9.36 Å². The van der Waals surface area contributed by atoms with E-state index < -0.39 is 7.60 Å². The van der Waals surface area contributed by atoms with Crippen LogP contribution in [0, 0.1) is 63.1 Å². The molecule has 0 amide bonds. The first-order valence-electron chi connectivity index (χ1n) is 20.9. The summed E-state index contributed by atoms with van der Waals surface area (Å²) < 4.78 is 35.9. The Bertz CT molecular complexity index is 1820. The summed E-state index contributed by atoms with van der Waals surface area (Å²) in [6.07, 6.45) is 14.1. The molecule has 2 aromatic heterocycles. The van der Waals surface area contributed by atoms with Gasteiger partial charge in [0.25, 0.3) is 0 Å². The first kappa shape index (κ1) is 40.1. The smallest absolute Gasteiger partial charge is 0.328 e. The lowest BCUT2D eigenvalue weighted by Crippen LogP contribution is -2.55. The van der Waals surface area contributed by atoms with Crippen molar-refractivity contribution in [3.8, 4) is 0 Å². The first-order valence-corrected chi connectivity index (χ1v) is 22.9. The molecule has 0 spiro atoms. The van der Waals surface area contributed by atoms with Crippen LogP contribution in [0.3, 0.4) is 0 Å². The second-order valence-electron chi connectivity index (χ2n) is 20.5. The molecule has 3 heterocycles. The van der Waals surface area contributed by atoms with Crippen molar-refractivity contribution in [1.29, 1.82) is 0 Å². The Balaban J connectivity index is 1.07. The molecule has 5 aliphatic rings. The van der Waals surface area contributed by atoms with Crippen LogP contribution >= 0.6 is 7.60 Å². The number of rotatable bonds is 10. The SMILES string of the molecule is CC1C(COP(C)(=O)O[C@H](CCC(C)(C)C)[C@@H](C)[C@H]2CC[C@@]3(C)C4=CC(=O)[C@@H]5C[C@@H](C)CC[C@]5(C)C4CC[C@]23C)OC(n2cnc3c(N)ncnc32)C1C. The van der Waals surface area contributed by atoms with E-state index in [2.05, 4.69) is 90.3 Å². The van der Waals surface area contributed by atoms with Gasteiger partial charge in [-0.2, -0.15) is 0 Å². The number of aromatic nitrogens is 4. The summed E-state index contributed by atoms with van der Waals surface area (Å²) in [5.41, 5.74) is 8.84. The third-order valence-electron chi connectivity index (χ3n) is 16.1. The van der Waals surface area contributed by atoms with E-state index in [1.54, 1.807) is 13.0 Å². The molecular formula is C43H68N5O5P. The number of nitrogens with two attached hydrogens (primary N) is 1. The number of carbonyl (C=O) groups is 1. The number of nitrogen functional groups attached to an aromatic ring is 1. The molecule has 14 atom stereocenters. The van der Waals surface area contributed by atoms with Crippen LogP contribution in [0.15, 0.2) is 24.3 Å². The monoisotopic (exact) mass is 765 g/mol. The number of fused-ring (bicyclic) bond motifs is 6. The maximum atomic E-state index is 14.4. The fourth-order valence-electron chi connectivity index (χ4n) is 12.1. The van der Waals surface area contributed by atoms with Gasteiger partial charge in [0.2, 0.25) is 0 Å². The number of hydrogen-bond acceptors (Lipinski definition) is 9. The molecule has 7 rings (SSSR count). The molecule has 2 aromatic rings. The summed E-state index contributed by atoms with van der Waals surface area (Å²) in [6.45, 7) is 25.0. The minimum absolute atomic E-state index is 0.0213. The molecule has 10 nitrogen and oxygen atoms in total. The van der Waals surface area contributed by atoms with E-state index in [0.717, 1.165) is 51.4 Å². The first-order chi connectivity index (χ1) is 25.2. The highest BCUT2D eigenvalue weighted by molar-refractivity contribution is 7.53. The number of nitrogens with zero attached hydrogens (tertiary/aromatic N) is 4. The normalized spacial score (nSPS) is 40.4. The molecule has 6 unspecified atom stereocenters. The molecule has 300 valence electrons. The third kappa shape index (κ3) is 6.75. The van der Waals surface area contributed by atoms with Gasteiger partial charge in [-0.25, -0.2) is 15.0 Å². The van der Waals surface area contributed by atoms with Gasteiger partial charge in [0.1, 0.15) is 18.1 Å². The van der Waals surface area contributed by atoms with E-state index in [-0.39, 0.29) is 70.4 Å². The predicted molar refractivity (Wildman–Crippen MR) is 214 cm³/mol. The highest BCUT2D eigenvalue weighted by atomic mass is 31.2. The summed E-state index contributed by atoms with van der Waals surface area (Å²) in [5, 5.41) is 0. The Morgan fingerprint density at radius 1 is 1.04 bits per heavy atom. The lowest BCUT2D eigenvalue weighted by molar-refractivity contribution is -0.132. The lowest BCUT2D eigenvalue weighted by Gasteiger charge is -2.61. The molecular weight excluding hydrogens is 697 g/mol. The largest absolute Gasteiger partial charge is 0.382 e. The number of ketones is 1. The maximum absolute atomic E-state index is 14.4. The van der Waals surface area contributed by atoms with E-state index in [0.29, 0.717) is 40.5 Å². The molecule has 1 aliphatic heterocycles. The minimum Gasteiger partial charge on any atom is -0.382 e. The van der Waals surface area contributed by atoms with Gasteiger partial charge in [-0.15, -0.1) is 0 Å². The van der Waals surface area contributed by atoms with E-state index in [1.165, 1.54) is 18.3 Å². The van der Waals surface area contributed by atoms with Crippen molar-refractivity contribution >= 4 is 30.4 Å². The van der Waals surface area contributed by atoms with Crippen LogP contribution in [0.5, 0.6) is 0 Å². The molecule has 1 saturated heterocycles. The minimum atomic E-state index is -3.48. The van der Waals surface area contributed by atoms with Gasteiger partial charge in [0, 0.05) is 18.5 Å². The van der Waals surface area contributed by atoms with Crippen molar-refractivity contribution in [2.45, 2.75) is 145 Å². The molecule has 0 bridgehead atoms. The van der Waals surface area contributed by atoms with Gasteiger partial charge < -0.3 is 19.5 Å². The second kappa shape index (κ2) is 14.1. The average Bonchev–Trinajstić information content (AvgIpc) is 3.74. The molecule has 3 saturated carbocycles. The Labute approximate surface area is 324 Å². The number of allylic oxidation sites excluding steroid dienone is 2. The summed E-state index contributed by atoms with van der Waals surface area (Å²) in [4.78, 5) is 26.9. The van der Waals surface area contributed by atoms with Gasteiger partial charge in [0.15, 0.2) is 17.2 Å². The highest BCUT2D eigenvalue weighted by Crippen LogP contribution is 2.72. The third-order valence-corrected chi connectivity index (χ3v) is 17.4. The van der Waals surface area contributed by atoms with Gasteiger partial charge in [-0.1, -0.05) is 81.2 Å². The number of ether oxygens (including phenoxy) is 1. The molecule has 2 N–H and O–H groups in total. The second-order valence-corrected chi connectivity index (χ2v) is 22.5. The van der Waals surface area contributed by atoms with Crippen LogP contribution in [-0.2, 0) is 23.1 Å². The highest BCUT2D eigenvalue weighted by Gasteiger charge is 2.65. The summed E-state index contributed by atoms with van der Waals surface area (Å²) in [5.74, 6) is 2.79. The van der Waals surface area contributed by atoms with Crippen molar-refractivity contribution in [2.75, 3.05) is 19.0 Å². The van der Waals surface area contributed by atoms with Crippen LogP contribution in [0.25, 0.3) is 11.2 Å². The van der Waals surface area contributed by atoms with Crippen molar-refractivity contribution < 1.29 is 23.1 Å². The van der Waals surface area contributed by atoms with Crippen molar-refractivity contribution in [3.63, 3.8) is 0 Å². The Hall–Kier alpha value is -2.13. The van der Waals surface area contributed by atoms with Crippen LogP contribution in [-0.4, -0.2) is 50.8 Å². The fraction of sp³-hybridized carbons (Fsp3) is 0.814. The van der Waals surface area contributed by atoms with Gasteiger partial charge in [-0.05, 0) is 109 Å².